The number of amides is 4. The van der Waals surface area contributed by atoms with Crippen LogP contribution in [0.2, 0.25) is 0 Å². The number of nitrogens with two attached hydrogens (primary N) is 1. The number of carbonyl (C=O) groups excluding carboxylic acids is 7. The van der Waals surface area contributed by atoms with Gasteiger partial charge in [-0.1, -0.05) is 60.7 Å². The van der Waals surface area contributed by atoms with Crippen molar-refractivity contribution in [3.05, 3.63) is 71.8 Å². The van der Waals surface area contributed by atoms with Gasteiger partial charge in [-0.25, -0.2) is 9.59 Å². The molecule has 2 aromatic rings. The predicted molar refractivity (Wildman–Crippen MR) is 205 cm³/mol. The Morgan fingerprint density at radius 3 is 1.64 bits per heavy atom. The highest BCUT2D eigenvalue weighted by molar-refractivity contribution is 5.85. The number of unbranched alkanes of at least 4 members (excludes halogenated alkanes) is 1. The Labute approximate surface area is 328 Å². The van der Waals surface area contributed by atoms with Gasteiger partial charge in [-0.2, -0.15) is 0 Å². The van der Waals surface area contributed by atoms with E-state index in [1.807, 2.05) is 60.7 Å². The fraction of sp³-hybridized carbons (Fsp3) is 0.525. The van der Waals surface area contributed by atoms with Gasteiger partial charge in [-0.15, -0.1) is 0 Å². The van der Waals surface area contributed by atoms with Crippen LogP contribution >= 0.6 is 0 Å². The van der Waals surface area contributed by atoms with Gasteiger partial charge < -0.3 is 45.9 Å². The molecule has 2 aromatic carbocycles. The first-order valence-corrected chi connectivity index (χ1v) is 18.8. The number of hydrogen-bond donors (Lipinski definition) is 5. The molecule has 0 heterocycles. The van der Waals surface area contributed by atoms with E-state index in [0.29, 0.717) is 19.4 Å². The monoisotopic (exact) mass is 783 g/mol. The Balaban J connectivity index is 1.77. The molecule has 16 heteroatoms. The van der Waals surface area contributed by atoms with E-state index in [0.717, 1.165) is 11.1 Å². The van der Waals surface area contributed by atoms with Crippen LogP contribution in [0.4, 0.5) is 4.79 Å². The molecular formula is C40H57N5O11. The maximum Gasteiger partial charge on any atom is 0.407 e. The molecule has 2 rings (SSSR count). The van der Waals surface area contributed by atoms with Crippen molar-refractivity contribution in [2.45, 2.75) is 129 Å². The van der Waals surface area contributed by atoms with E-state index in [2.05, 4.69) is 21.3 Å². The molecule has 0 bridgehead atoms. The molecule has 0 aliphatic carbocycles. The summed E-state index contributed by atoms with van der Waals surface area (Å²) in [4.78, 5) is 87.1. The van der Waals surface area contributed by atoms with E-state index in [9.17, 15) is 33.6 Å². The smallest absolute Gasteiger partial charge is 0.407 e. The van der Waals surface area contributed by atoms with Crippen molar-refractivity contribution in [1.82, 2.24) is 21.3 Å². The van der Waals surface area contributed by atoms with Gasteiger partial charge in [0.15, 0.2) is 0 Å². The van der Waals surface area contributed by atoms with E-state index < -0.39 is 78.1 Å². The zero-order valence-corrected chi connectivity index (χ0v) is 32.9. The Bertz CT molecular complexity index is 1560. The zero-order valence-electron chi connectivity index (χ0n) is 32.9. The molecule has 308 valence electrons. The standard InChI is InChI=1S/C40H57N5O11/c1-26(44-36(48)22-28(3)55-37(49)23-29(4)56-38(50)30(5)41)20-34(46)43-27(2)21-35(47)45-33(39(51)53-24-31-14-8-6-9-15-31)18-12-13-19-42-40(52)54-25-32-16-10-7-11-17-32/h6-11,14-17,26-30,33H,12-13,18-25,41H2,1-5H3,(H,42,52)(H,43,46)(H,44,48)(H,45,47)/t26-,27-,28+,29+,30-,33-/m0/s1. The molecule has 0 aromatic heterocycles. The molecule has 0 aliphatic rings. The summed E-state index contributed by atoms with van der Waals surface area (Å²) in [6, 6.07) is 15.4. The van der Waals surface area contributed by atoms with Crippen molar-refractivity contribution in [3.63, 3.8) is 0 Å². The topological polar surface area (TPSA) is 231 Å². The van der Waals surface area contributed by atoms with E-state index in [4.69, 9.17) is 24.7 Å². The summed E-state index contributed by atoms with van der Waals surface area (Å²) >= 11 is 0. The van der Waals surface area contributed by atoms with Crippen molar-refractivity contribution < 1.29 is 52.5 Å². The largest absolute Gasteiger partial charge is 0.462 e. The second-order valence-electron chi connectivity index (χ2n) is 13.8. The molecule has 0 saturated carbocycles. The van der Waals surface area contributed by atoms with Crippen LogP contribution in [0.15, 0.2) is 60.7 Å². The van der Waals surface area contributed by atoms with Crippen LogP contribution in [0.1, 0.15) is 90.7 Å². The molecular weight excluding hydrogens is 726 g/mol. The molecule has 6 N–H and O–H groups in total. The summed E-state index contributed by atoms with van der Waals surface area (Å²) in [5.74, 6) is -3.25. The first-order valence-electron chi connectivity index (χ1n) is 18.8. The number of alkyl carbamates (subject to hydrolysis) is 1. The number of rotatable bonds is 24. The number of hydrogen-bond acceptors (Lipinski definition) is 12. The molecule has 0 aliphatic heterocycles. The lowest BCUT2D eigenvalue weighted by Crippen LogP contribution is -2.45. The quantitative estimate of drug-likeness (QED) is 0.0588. The van der Waals surface area contributed by atoms with Crippen molar-refractivity contribution in [2.75, 3.05) is 6.54 Å². The highest BCUT2D eigenvalue weighted by Gasteiger charge is 2.25. The van der Waals surface area contributed by atoms with Crippen molar-refractivity contribution in [3.8, 4) is 0 Å². The van der Waals surface area contributed by atoms with Gasteiger partial charge in [0.2, 0.25) is 17.7 Å². The highest BCUT2D eigenvalue weighted by atomic mass is 16.6. The van der Waals surface area contributed by atoms with Crippen LogP contribution in [-0.4, -0.2) is 84.6 Å². The highest BCUT2D eigenvalue weighted by Crippen LogP contribution is 2.09. The number of carbonyl (C=O) groups is 7. The van der Waals surface area contributed by atoms with Crippen LogP contribution in [0.25, 0.3) is 0 Å². The molecule has 0 saturated heterocycles. The van der Waals surface area contributed by atoms with Gasteiger partial charge in [0, 0.05) is 31.5 Å². The third-order valence-electron chi connectivity index (χ3n) is 7.99. The Morgan fingerprint density at radius 1 is 0.589 bits per heavy atom. The fourth-order valence-corrected chi connectivity index (χ4v) is 5.25. The number of benzene rings is 2. The fourth-order valence-electron chi connectivity index (χ4n) is 5.25. The number of nitrogens with one attached hydrogen (secondary N) is 4. The van der Waals surface area contributed by atoms with Gasteiger partial charge in [-0.05, 0) is 65.0 Å². The summed E-state index contributed by atoms with van der Waals surface area (Å²) in [6.45, 7) is 8.27. The molecule has 0 spiro atoms. The van der Waals surface area contributed by atoms with E-state index in [-0.39, 0.29) is 45.3 Å². The second-order valence-corrected chi connectivity index (χ2v) is 13.8. The van der Waals surface area contributed by atoms with Crippen LogP contribution in [-0.2, 0) is 60.9 Å². The SMILES string of the molecule is C[C@H](CC(=O)N[C@@H](C)CC(=O)N[C@@H](C)CC(=O)N[C@@H](CCCCNC(=O)OCc1ccccc1)C(=O)OCc1ccccc1)OC(=O)C[C@@H](C)OC(=O)[C@H](C)N. The van der Waals surface area contributed by atoms with Gasteiger partial charge in [0.25, 0.3) is 0 Å². The molecule has 16 nitrogen and oxygen atoms in total. The molecule has 4 amide bonds. The minimum absolute atomic E-state index is 0.0268. The first kappa shape index (κ1) is 46.6. The van der Waals surface area contributed by atoms with Gasteiger partial charge in [0.1, 0.15) is 37.5 Å². The summed E-state index contributed by atoms with van der Waals surface area (Å²) in [5, 5.41) is 10.8. The third kappa shape index (κ3) is 20.8. The van der Waals surface area contributed by atoms with Crippen molar-refractivity contribution in [1.29, 1.82) is 0 Å². The summed E-state index contributed by atoms with van der Waals surface area (Å²) in [6.07, 6.45) is -1.43. The van der Waals surface area contributed by atoms with Crippen LogP contribution in [0.3, 0.4) is 0 Å². The lowest BCUT2D eigenvalue weighted by Gasteiger charge is -2.21. The van der Waals surface area contributed by atoms with Crippen molar-refractivity contribution >= 4 is 41.7 Å². The van der Waals surface area contributed by atoms with Crippen LogP contribution in [0, 0.1) is 0 Å². The molecule has 56 heavy (non-hydrogen) atoms. The van der Waals surface area contributed by atoms with Gasteiger partial charge >= 0.3 is 24.0 Å². The Kier molecular flexibility index (Phi) is 21.3. The second kappa shape index (κ2) is 25.5. The normalized spacial score (nSPS) is 14.0. The summed E-state index contributed by atoms with van der Waals surface area (Å²) in [5.41, 5.74) is 7.10. The maximum absolute atomic E-state index is 13.1. The zero-order chi connectivity index (χ0) is 41.5. The van der Waals surface area contributed by atoms with Crippen LogP contribution < -0.4 is 27.0 Å². The lowest BCUT2D eigenvalue weighted by atomic mass is 10.1. The van der Waals surface area contributed by atoms with E-state index in [1.54, 1.807) is 13.8 Å². The van der Waals surface area contributed by atoms with E-state index in [1.165, 1.54) is 20.8 Å². The molecule has 6 atom stereocenters. The average Bonchev–Trinajstić information content (AvgIpc) is 3.12. The third-order valence-corrected chi connectivity index (χ3v) is 7.99. The Hall–Kier alpha value is -5.51. The van der Waals surface area contributed by atoms with Gasteiger partial charge in [0.05, 0.1) is 12.8 Å². The first-order chi connectivity index (χ1) is 26.6. The summed E-state index contributed by atoms with van der Waals surface area (Å²) in [7, 11) is 0. The predicted octanol–water partition coefficient (Wildman–Crippen LogP) is 3.09. The Morgan fingerprint density at radius 2 is 1.09 bits per heavy atom. The minimum atomic E-state index is -0.961. The average molecular weight is 784 g/mol. The molecule has 0 fully saturated rings. The number of ether oxygens (including phenoxy) is 4. The number of esters is 3. The maximum atomic E-state index is 13.1. The molecule has 0 radical (unpaired) electrons. The van der Waals surface area contributed by atoms with Crippen molar-refractivity contribution in [2.24, 2.45) is 5.73 Å². The van der Waals surface area contributed by atoms with Gasteiger partial charge in [-0.3, -0.25) is 24.0 Å². The van der Waals surface area contributed by atoms with Crippen LogP contribution in [0.5, 0.6) is 0 Å². The summed E-state index contributed by atoms with van der Waals surface area (Å²) < 4.78 is 21.0. The van der Waals surface area contributed by atoms with E-state index >= 15 is 0 Å². The lowest BCUT2D eigenvalue weighted by molar-refractivity contribution is -0.157. The minimum Gasteiger partial charge on any atom is -0.462 e. The molecule has 0 unspecified atom stereocenters.